The predicted molar refractivity (Wildman–Crippen MR) is 135 cm³/mol. The molecule has 0 spiro atoms. The number of nitrogens with zero attached hydrogens (tertiary/aromatic N) is 5. The van der Waals surface area contributed by atoms with E-state index in [4.69, 9.17) is 0 Å². The molecule has 2 aromatic heterocycles. The van der Waals surface area contributed by atoms with Crippen molar-refractivity contribution in [2.24, 2.45) is 0 Å². The Bertz CT molecular complexity index is 1340. The zero-order valence-electron chi connectivity index (χ0n) is 21.1. The maximum absolute atomic E-state index is 13.3. The lowest BCUT2D eigenvalue weighted by atomic mass is 9.87. The average Bonchev–Trinajstić information content (AvgIpc) is 3.38. The van der Waals surface area contributed by atoms with Crippen LogP contribution in [0.1, 0.15) is 64.7 Å². The minimum absolute atomic E-state index is 0.0698. The minimum atomic E-state index is -3.03. The summed E-state index contributed by atoms with van der Waals surface area (Å²) in [4.78, 5) is 33.5. The number of carbonyl (C=O) groups excluding carboxylic acids is 2. The fraction of sp³-hybridized carbons (Fsp3) is 0.407. The summed E-state index contributed by atoms with van der Waals surface area (Å²) in [7, 11) is 0. The highest BCUT2D eigenvalue weighted by atomic mass is 19.3. The molecule has 2 aliphatic rings. The number of rotatable bonds is 7. The average molecular weight is 545 g/mol. The maximum Gasteiger partial charge on any atom is 0.282 e. The van der Waals surface area contributed by atoms with Crippen LogP contribution >= 0.6 is 0 Å². The van der Waals surface area contributed by atoms with Crippen LogP contribution in [0.2, 0.25) is 0 Å². The molecular weight excluding hydrogens is 516 g/mol. The van der Waals surface area contributed by atoms with Crippen molar-refractivity contribution < 1.29 is 27.2 Å². The molecule has 1 saturated heterocycles. The van der Waals surface area contributed by atoms with Gasteiger partial charge in [-0.05, 0) is 48.6 Å². The van der Waals surface area contributed by atoms with Gasteiger partial charge in [0, 0.05) is 38.1 Å². The van der Waals surface area contributed by atoms with Gasteiger partial charge in [-0.25, -0.2) is 17.6 Å². The third-order valence-electron chi connectivity index (χ3n) is 7.21. The first-order valence-corrected chi connectivity index (χ1v) is 12.8. The van der Waals surface area contributed by atoms with Crippen molar-refractivity contribution in [3.8, 4) is 0 Å². The molecule has 0 bridgehead atoms. The molecule has 0 saturated carbocycles. The van der Waals surface area contributed by atoms with Crippen molar-refractivity contribution in [2.45, 2.75) is 44.7 Å². The first-order valence-electron chi connectivity index (χ1n) is 12.8. The number of hydrogen-bond acceptors (Lipinski definition) is 5. The normalized spacial score (nSPS) is 17.4. The summed E-state index contributed by atoms with van der Waals surface area (Å²) in [5.74, 6) is -0.743. The molecule has 206 valence electrons. The molecule has 5 rings (SSSR count). The molecule has 1 aliphatic carbocycles. The molecule has 1 aromatic carbocycles. The topological polar surface area (TPSA) is 83.4 Å². The van der Waals surface area contributed by atoms with Gasteiger partial charge >= 0.3 is 0 Å². The van der Waals surface area contributed by atoms with Gasteiger partial charge in [0.15, 0.2) is 0 Å². The predicted octanol–water partition coefficient (Wildman–Crippen LogP) is 4.31. The van der Waals surface area contributed by atoms with Crippen LogP contribution in [-0.4, -0.2) is 57.7 Å². The number of pyridine rings is 1. The van der Waals surface area contributed by atoms with Gasteiger partial charge in [-0.15, -0.1) is 0 Å². The van der Waals surface area contributed by atoms with E-state index in [9.17, 15) is 27.2 Å². The van der Waals surface area contributed by atoms with Crippen LogP contribution in [0.3, 0.4) is 0 Å². The number of benzene rings is 1. The minimum Gasteiger partial charge on any atom is -0.368 e. The van der Waals surface area contributed by atoms with Crippen LogP contribution in [0, 0.1) is 0 Å². The highest BCUT2D eigenvalue weighted by Crippen LogP contribution is 2.30. The summed E-state index contributed by atoms with van der Waals surface area (Å²) in [6.45, 7) is 0.936. The number of alkyl halides is 4. The maximum atomic E-state index is 13.3. The molecule has 39 heavy (non-hydrogen) atoms. The van der Waals surface area contributed by atoms with Crippen LogP contribution in [0.25, 0.3) is 0 Å². The molecule has 8 nitrogen and oxygen atoms in total. The lowest BCUT2D eigenvalue weighted by molar-refractivity contribution is -0.132. The van der Waals surface area contributed by atoms with E-state index in [1.165, 1.54) is 10.5 Å². The molecule has 2 amide bonds. The molecule has 0 radical (unpaired) electrons. The highest BCUT2D eigenvalue weighted by Gasteiger charge is 2.27. The Labute approximate surface area is 222 Å². The fourth-order valence-electron chi connectivity index (χ4n) is 5.18. The summed E-state index contributed by atoms with van der Waals surface area (Å²) < 4.78 is 53.0. The molecule has 1 fully saturated rings. The Balaban J connectivity index is 1.19. The lowest BCUT2D eigenvalue weighted by Crippen LogP contribution is -2.49. The van der Waals surface area contributed by atoms with E-state index < -0.39 is 36.7 Å². The van der Waals surface area contributed by atoms with Gasteiger partial charge in [-0.3, -0.25) is 19.3 Å². The molecule has 1 N–H and O–H groups in total. The second-order valence-corrected chi connectivity index (χ2v) is 9.64. The smallest absolute Gasteiger partial charge is 0.282 e. The molecule has 1 unspecified atom stereocenters. The van der Waals surface area contributed by atoms with Crippen molar-refractivity contribution in [3.63, 3.8) is 0 Å². The number of fused-ring (bicyclic) bond motifs is 1. The number of carbonyl (C=O) groups is 2. The molecular formula is C27H28F4N6O2. The Morgan fingerprint density at radius 3 is 2.51 bits per heavy atom. The van der Waals surface area contributed by atoms with Gasteiger partial charge in [-0.2, -0.15) is 5.10 Å². The molecule has 3 aromatic rings. The van der Waals surface area contributed by atoms with Crippen LogP contribution in [0.5, 0.6) is 0 Å². The molecule has 1 atom stereocenters. The number of piperazine rings is 1. The number of aromatic nitrogens is 3. The SMILES string of the molecule is O=C(NC1CCCc2ccccc21)c1cc(N2CCN(C(=O)Cn3nc(C(F)F)cc3C(F)F)CC2)ccn1. The number of aryl methyl sites for hydroxylation is 1. The Kier molecular flexibility index (Phi) is 7.80. The van der Waals surface area contributed by atoms with Crippen molar-refractivity contribution >= 4 is 17.5 Å². The van der Waals surface area contributed by atoms with E-state index in [1.54, 1.807) is 18.3 Å². The second kappa shape index (κ2) is 11.4. The van der Waals surface area contributed by atoms with Crippen LogP contribution in [-0.2, 0) is 17.8 Å². The third-order valence-corrected chi connectivity index (χ3v) is 7.21. The van der Waals surface area contributed by atoms with Crippen molar-refractivity contribution in [1.82, 2.24) is 25.0 Å². The van der Waals surface area contributed by atoms with E-state index in [-0.39, 0.29) is 11.9 Å². The Morgan fingerprint density at radius 1 is 1.00 bits per heavy atom. The first kappa shape index (κ1) is 26.6. The standard InChI is InChI=1S/C27H28F4N6O2/c28-25(29)21-15-23(26(30)31)37(34-21)16-24(38)36-12-10-35(11-13-36)18-8-9-32-22(14-18)27(39)33-20-7-3-5-17-4-1-2-6-19(17)20/h1-2,4,6,8-9,14-15,20,25-26H,3,5,7,10-13,16H2,(H,33,39). The van der Waals surface area contributed by atoms with Crippen molar-refractivity contribution in [2.75, 3.05) is 31.1 Å². The first-order chi connectivity index (χ1) is 18.8. The van der Waals surface area contributed by atoms with Crippen LogP contribution < -0.4 is 10.2 Å². The second-order valence-electron chi connectivity index (χ2n) is 9.64. The summed E-state index contributed by atoms with van der Waals surface area (Å²) in [5.41, 5.74) is 1.96. The number of halogens is 4. The van der Waals surface area contributed by atoms with Crippen molar-refractivity contribution in [1.29, 1.82) is 0 Å². The summed E-state index contributed by atoms with van der Waals surface area (Å²) >= 11 is 0. The quantitative estimate of drug-likeness (QED) is 0.449. The van der Waals surface area contributed by atoms with Crippen LogP contribution in [0.15, 0.2) is 48.7 Å². The Hall–Kier alpha value is -3.96. The molecule has 3 heterocycles. The summed E-state index contributed by atoms with van der Waals surface area (Å²) in [6.07, 6.45) is -1.61. The van der Waals surface area contributed by atoms with E-state index in [0.29, 0.717) is 42.6 Å². The van der Waals surface area contributed by atoms with Gasteiger partial charge in [0.25, 0.3) is 18.8 Å². The number of hydrogen-bond donors (Lipinski definition) is 1. The fourth-order valence-corrected chi connectivity index (χ4v) is 5.18. The highest BCUT2D eigenvalue weighted by molar-refractivity contribution is 5.93. The number of amides is 2. The number of nitrogens with one attached hydrogen (secondary N) is 1. The lowest BCUT2D eigenvalue weighted by Gasteiger charge is -2.36. The molecule has 1 aliphatic heterocycles. The zero-order valence-corrected chi connectivity index (χ0v) is 21.1. The van der Waals surface area contributed by atoms with Gasteiger partial charge < -0.3 is 15.1 Å². The van der Waals surface area contributed by atoms with Gasteiger partial charge in [0.2, 0.25) is 5.91 Å². The van der Waals surface area contributed by atoms with Crippen molar-refractivity contribution in [3.05, 3.63) is 76.9 Å². The Morgan fingerprint density at radius 2 is 1.77 bits per heavy atom. The van der Waals surface area contributed by atoms with E-state index >= 15 is 0 Å². The molecule has 12 heteroatoms. The van der Waals surface area contributed by atoms with Gasteiger partial charge in [0.1, 0.15) is 23.6 Å². The van der Waals surface area contributed by atoms with E-state index in [0.717, 1.165) is 30.5 Å². The zero-order chi connectivity index (χ0) is 27.5. The summed E-state index contributed by atoms with van der Waals surface area (Å²) in [6, 6.07) is 12.2. The van der Waals surface area contributed by atoms with Gasteiger partial charge in [0.05, 0.1) is 6.04 Å². The van der Waals surface area contributed by atoms with Crippen LogP contribution in [0.4, 0.5) is 23.2 Å². The van der Waals surface area contributed by atoms with Gasteiger partial charge in [-0.1, -0.05) is 24.3 Å². The van der Waals surface area contributed by atoms with E-state index in [2.05, 4.69) is 21.5 Å². The van der Waals surface area contributed by atoms with E-state index in [1.807, 2.05) is 23.1 Å². The monoisotopic (exact) mass is 544 g/mol. The third kappa shape index (κ3) is 5.89. The number of anilines is 1. The summed E-state index contributed by atoms with van der Waals surface area (Å²) in [5, 5.41) is 6.60. The largest absolute Gasteiger partial charge is 0.368 e.